The summed E-state index contributed by atoms with van der Waals surface area (Å²) in [4.78, 5) is 2.12. The summed E-state index contributed by atoms with van der Waals surface area (Å²) in [7, 11) is -1.69. The summed E-state index contributed by atoms with van der Waals surface area (Å²) in [6.07, 6.45) is 0. The second-order valence-electron chi connectivity index (χ2n) is 5.17. The van der Waals surface area contributed by atoms with Crippen LogP contribution in [-0.4, -0.2) is 51.5 Å². The molecule has 6 nitrogen and oxygen atoms in total. The van der Waals surface area contributed by atoms with Gasteiger partial charge in [-0.15, -0.1) is 0 Å². The molecule has 1 aromatic rings. The molecular weight excluding hydrogens is 317 g/mol. The van der Waals surface area contributed by atoms with E-state index in [-0.39, 0.29) is 0 Å². The van der Waals surface area contributed by atoms with Crippen LogP contribution in [0.1, 0.15) is 25.2 Å². The number of benzene rings is 1. The second kappa shape index (κ2) is 8.81. The van der Waals surface area contributed by atoms with Gasteiger partial charge >= 0.3 is 7.60 Å². The van der Waals surface area contributed by atoms with E-state index in [4.69, 9.17) is 18.5 Å². The summed E-state index contributed by atoms with van der Waals surface area (Å²) in [5.74, 6) is 0.328. The van der Waals surface area contributed by atoms with Crippen molar-refractivity contribution >= 4 is 7.60 Å². The highest BCUT2D eigenvalue weighted by Crippen LogP contribution is 2.62. The van der Waals surface area contributed by atoms with Crippen molar-refractivity contribution in [1.29, 1.82) is 0 Å². The summed E-state index contributed by atoms with van der Waals surface area (Å²) in [5, 5.41) is 0. The number of ether oxygens (including phenoxy) is 2. The van der Waals surface area contributed by atoms with Gasteiger partial charge in [0, 0.05) is 13.1 Å². The van der Waals surface area contributed by atoms with Crippen LogP contribution < -0.4 is 4.74 Å². The fourth-order valence-corrected chi connectivity index (χ4v) is 4.97. The molecule has 0 amide bonds. The Balaban J connectivity index is 2.38. The van der Waals surface area contributed by atoms with Crippen LogP contribution in [0.3, 0.4) is 0 Å². The van der Waals surface area contributed by atoms with Crippen LogP contribution in [0, 0.1) is 0 Å². The molecule has 0 saturated carbocycles. The van der Waals surface area contributed by atoms with Crippen molar-refractivity contribution in [3.63, 3.8) is 0 Å². The molecule has 130 valence electrons. The van der Waals surface area contributed by atoms with Crippen molar-refractivity contribution in [1.82, 2.24) is 4.90 Å². The topological polar surface area (TPSA) is 57.2 Å². The molecule has 0 radical (unpaired) electrons. The number of rotatable bonds is 8. The molecule has 0 aromatic heterocycles. The van der Waals surface area contributed by atoms with Gasteiger partial charge in [-0.3, -0.25) is 9.46 Å². The zero-order valence-electron chi connectivity index (χ0n) is 14.1. The summed E-state index contributed by atoms with van der Waals surface area (Å²) >= 11 is 0. The molecule has 1 saturated heterocycles. The number of methoxy groups -OCH3 is 1. The lowest BCUT2D eigenvalue weighted by atomic mass is 10.2. The van der Waals surface area contributed by atoms with E-state index in [1.54, 1.807) is 7.11 Å². The van der Waals surface area contributed by atoms with Crippen LogP contribution in [0.25, 0.3) is 0 Å². The normalized spacial score (nSPS) is 17.9. The predicted molar refractivity (Wildman–Crippen MR) is 89.0 cm³/mol. The van der Waals surface area contributed by atoms with Gasteiger partial charge in [-0.05, 0) is 31.5 Å². The van der Waals surface area contributed by atoms with E-state index in [1.165, 1.54) is 0 Å². The average molecular weight is 343 g/mol. The first kappa shape index (κ1) is 18.4. The van der Waals surface area contributed by atoms with Crippen LogP contribution in [-0.2, 0) is 18.3 Å². The highest BCUT2D eigenvalue weighted by atomic mass is 31.2. The SMILES string of the molecule is CCOP(=O)(OCC)C(c1ccc(OC)cc1)N1CCOCC1. The van der Waals surface area contributed by atoms with Crippen LogP contribution in [0.4, 0.5) is 0 Å². The van der Waals surface area contributed by atoms with Gasteiger partial charge in [-0.1, -0.05) is 12.1 Å². The van der Waals surface area contributed by atoms with E-state index in [1.807, 2.05) is 38.1 Å². The molecule has 2 rings (SSSR count). The minimum absolute atomic E-state index is 0.342. The van der Waals surface area contributed by atoms with Crippen molar-refractivity contribution in [2.24, 2.45) is 0 Å². The predicted octanol–water partition coefficient (Wildman–Crippen LogP) is 3.29. The summed E-state index contributed by atoms with van der Waals surface area (Å²) in [6.45, 7) is 6.96. The fraction of sp³-hybridized carbons (Fsp3) is 0.625. The second-order valence-corrected chi connectivity index (χ2v) is 7.26. The van der Waals surface area contributed by atoms with Crippen LogP contribution in [0.15, 0.2) is 24.3 Å². The highest BCUT2D eigenvalue weighted by Gasteiger charge is 2.41. The maximum absolute atomic E-state index is 13.4. The third-order valence-corrected chi connectivity index (χ3v) is 6.18. The molecule has 7 heteroatoms. The Kier molecular flexibility index (Phi) is 7.06. The largest absolute Gasteiger partial charge is 0.497 e. The fourth-order valence-electron chi connectivity index (χ4n) is 2.73. The van der Waals surface area contributed by atoms with Crippen LogP contribution in [0.2, 0.25) is 0 Å². The average Bonchev–Trinajstić information content (AvgIpc) is 2.57. The summed E-state index contributed by atoms with van der Waals surface area (Å²) in [5.41, 5.74) is 0.901. The zero-order chi connectivity index (χ0) is 16.7. The Morgan fingerprint density at radius 3 is 2.17 bits per heavy atom. The summed E-state index contributed by atoms with van der Waals surface area (Å²) < 4.78 is 35.3. The third-order valence-electron chi connectivity index (χ3n) is 3.72. The first-order valence-electron chi connectivity index (χ1n) is 7.99. The van der Waals surface area contributed by atoms with E-state index in [0.717, 1.165) is 11.3 Å². The molecule has 1 aromatic carbocycles. The van der Waals surface area contributed by atoms with E-state index < -0.39 is 13.4 Å². The van der Waals surface area contributed by atoms with E-state index in [0.29, 0.717) is 39.5 Å². The van der Waals surface area contributed by atoms with Gasteiger partial charge in [0.25, 0.3) is 0 Å². The molecule has 0 aliphatic carbocycles. The summed E-state index contributed by atoms with van der Waals surface area (Å²) in [6, 6.07) is 7.57. The van der Waals surface area contributed by atoms with Gasteiger partial charge in [0.15, 0.2) is 0 Å². The molecule has 0 N–H and O–H groups in total. The molecule has 0 bridgehead atoms. The van der Waals surface area contributed by atoms with Crippen molar-refractivity contribution in [2.45, 2.75) is 19.6 Å². The Morgan fingerprint density at radius 2 is 1.70 bits per heavy atom. The lowest BCUT2D eigenvalue weighted by Crippen LogP contribution is -2.39. The minimum atomic E-state index is -3.31. The lowest BCUT2D eigenvalue weighted by molar-refractivity contribution is 0.0237. The number of morpholine rings is 1. The number of hydrogen-bond donors (Lipinski definition) is 0. The Labute approximate surface area is 138 Å². The van der Waals surface area contributed by atoms with E-state index in [9.17, 15) is 4.57 Å². The van der Waals surface area contributed by atoms with E-state index >= 15 is 0 Å². The zero-order valence-corrected chi connectivity index (χ0v) is 15.0. The molecule has 1 unspecified atom stereocenters. The third kappa shape index (κ3) is 4.55. The molecule has 1 heterocycles. The van der Waals surface area contributed by atoms with Gasteiger partial charge < -0.3 is 18.5 Å². The monoisotopic (exact) mass is 343 g/mol. The molecule has 1 aliphatic rings. The molecule has 1 aliphatic heterocycles. The molecule has 23 heavy (non-hydrogen) atoms. The minimum Gasteiger partial charge on any atom is -0.497 e. The van der Waals surface area contributed by atoms with Gasteiger partial charge in [-0.25, -0.2) is 0 Å². The standard InChI is InChI=1S/C16H26NO5P/c1-4-21-23(18,22-5-2)16(17-10-12-20-13-11-17)14-6-8-15(19-3)9-7-14/h6-9,16H,4-5,10-13H2,1-3H3. The van der Waals surface area contributed by atoms with E-state index in [2.05, 4.69) is 4.90 Å². The Hall–Kier alpha value is -0.910. The van der Waals surface area contributed by atoms with Crippen molar-refractivity contribution in [3.8, 4) is 5.75 Å². The number of nitrogens with zero attached hydrogens (tertiary/aromatic N) is 1. The van der Waals surface area contributed by atoms with Gasteiger partial charge in [0.05, 0.1) is 33.5 Å². The Morgan fingerprint density at radius 1 is 1.13 bits per heavy atom. The van der Waals surface area contributed by atoms with Crippen LogP contribution in [0.5, 0.6) is 5.75 Å². The highest BCUT2D eigenvalue weighted by molar-refractivity contribution is 7.54. The molecule has 0 spiro atoms. The molecular formula is C16H26NO5P. The Bertz CT molecular complexity index is 506. The maximum Gasteiger partial charge on any atom is 0.352 e. The van der Waals surface area contributed by atoms with Crippen molar-refractivity contribution < 1.29 is 23.1 Å². The molecule has 1 atom stereocenters. The first-order chi connectivity index (χ1) is 11.1. The van der Waals surface area contributed by atoms with Crippen molar-refractivity contribution in [2.75, 3.05) is 46.6 Å². The first-order valence-corrected chi connectivity index (χ1v) is 9.60. The maximum atomic E-state index is 13.4. The van der Waals surface area contributed by atoms with Crippen LogP contribution >= 0.6 is 7.60 Å². The van der Waals surface area contributed by atoms with Gasteiger partial charge in [-0.2, -0.15) is 0 Å². The van der Waals surface area contributed by atoms with Crippen molar-refractivity contribution in [3.05, 3.63) is 29.8 Å². The smallest absolute Gasteiger partial charge is 0.352 e. The quantitative estimate of drug-likeness (QED) is 0.675. The van der Waals surface area contributed by atoms with Gasteiger partial charge in [0.2, 0.25) is 0 Å². The number of hydrogen-bond acceptors (Lipinski definition) is 6. The molecule has 1 fully saturated rings. The lowest BCUT2D eigenvalue weighted by Gasteiger charge is -2.37. The van der Waals surface area contributed by atoms with Gasteiger partial charge in [0.1, 0.15) is 11.5 Å².